The predicted molar refractivity (Wildman–Crippen MR) is 65.9 cm³/mol. The smallest absolute Gasteiger partial charge is 0.103 e. The van der Waals surface area contributed by atoms with Gasteiger partial charge in [-0.3, -0.25) is 0 Å². The van der Waals surface area contributed by atoms with E-state index in [4.69, 9.17) is 5.73 Å². The first-order chi connectivity index (χ1) is 6.76. The summed E-state index contributed by atoms with van der Waals surface area (Å²) in [5, 5.41) is 3.36. The SMILES string of the molecule is CCCC(N)Cc1csc(CSC)n1. The van der Waals surface area contributed by atoms with Crippen molar-refractivity contribution in [1.29, 1.82) is 0 Å². The zero-order valence-corrected chi connectivity index (χ0v) is 10.5. The van der Waals surface area contributed by atoms with E-state index in [0.29, 0.717) is 0 Å². The number of thioether (sulfide) groups is 1. The predicted octanol–water partition coefficient (Wildman–Crippen LogP) is 2.68. The van der Waals surface area contributed by atoms with Crippen LogP contribution in [0.25, 0.3) is 0 Å². The van der Waals surface area contributed by atoms with Gasteiger partial charge < -0.3 is 5.73 Å². The molecule has 1 aromatic rings. The number of rotatable bonds is 6. The number of nitrogens with zero attached hydrogens (tertiary/aromatic N) is 1. The number of nitrogens with two attached hydrogens (primary N) is 1. The summed E-state index contributed by atoms with van der Waals surface area (Å²) >= 11 is 3.56. The molecule has 0 spiro atoms. The normalized spacial score (nSPS) is 13.1. The van der Waals surface area contributed by atoms with Gasteiger partial charge in [0, 0.05) is 23.6 Å². The lowest BCUT2D eigenvalue weighted by molar-refractivity contribution is 0.594. The third-order valence-electron chi connectivity index (χ3n) is 2.00. The fraction of sp³-hybridized carbons (Fsp3) is 0.700. The summed E-state index contributed by atoms with van der Waals surface area (Å²) in [5.41, 5.74) is 7.13. The summed E-state index contributed by atoms with van der Waals surface area (Å²) in [6.07, 6.45) is 5.28. The molecule has 0 fully saturated rings. The molecule has 4 heteroatoms. The van der Waals surface area contributed by atoms with Crippen LogP contribution in [0, 0.1) is 0 Å². The van der Waals surface area contributed by atoms with E-state index >= 15 is 0 Å². The maximum atomic E-state index is 5.96. The van der Waals surface area contributed by atoms with Crippen molar-refractivity contribution in [3.8, 4) is 0 Å². The van der Waals surface area contributed by atoms with E-state index < -0.39 is 0 Å². The van der Waals surface area contributed by atoms with E-state index in [0.717, 1.165) is 25.0 Å². The van der Waals surface area contributed by atoms with E-state index in [9.17, 15) is 0 Å². The lowest BCUT2D eigenvalue weighted by atomic mass is 10.1. The van der Waals surface area contributed by atoms with Crippen molar-refractivity contribution in [3.63, 3.8) is 0 Å². The molecule has 1 heterocycles. The molecule has 0 aliphatic rings. The van der Waals surface area contributed by atoms with Crippen LogP contribution < -0.4 is 5.73 Å². The van der Waals surface area contributed by atoms with Gasteiger partial charge in [-0.1, -0.05) is 13.3 Å². The van der Waals surface area contributed by atoms with Gasteiger partial charge in [0.15, 0.2) is 0 Å². The Balaban J connectivity index is 2.42. The van der Waals surface area contributed by atoms with E-state index in [-0.39, 0.29) is 6.04 Å². The summed E-state index contributed by atoms with van der Waals surface area (Å²) in [4.78, 5) is 4.54. The number of hydrogen-bond donors (Lipinski definition) is 1. The molecule has 0 amide bonds. The Morgan fingerprint density at radius 2 is 2.43 bits per heavy atom. The van der Waals surface area contributed by atoms with Crippen molar-refractivity contribution in [1.82, 2.24) is 4.98 Å². The zero-order valence-electron chi connectivity index (χ0n) is 8.82. The van der Waals surface area contributed by atoms with E-state index in [1.54, 1.807) is 11.3 Å². The maximum Gasteiger partial charge on any atom is 0.103 e. The molecule has 0 aliphatic heterocycles. The van der Waals surface area contributed by atoms with E-state index in [1.807, 2.05) is 11.8 Å². The summed E-state index contributed by atoms with van der Waals surface area (Å²) in [7, 11) is 0. The second-order valence-corrected chi connectivity index (χ2v) is 5.23. The zero-order chi connectivity index (χ0) is 10.4. The lowest BCUT2D eigenvalue weighted by Crippen LogP contribution is -2.22. The topological polar surface area (TPSA) is 38.9 Å². The molecule has 0 aromatic carbocycles. The highest BCUT2D eigenvalue weighted by molar-refractivity contribution is 7.97. The largest absolute Gasteiger partial charge is 0.327 e. The molecule has 1 unspecified atom stereocenters. The van der Waals surface area contributed by atoms with Crippen LogP contribution in [-0.2, 0) is 12.2 Å². The number of thiazole rings is 1. The van der Waals surface area contributed by atoms with Crippen LogP contribution >= 0.6 is 23.1 Å². The number of aromatic nitrogens is 1. The highest BCUT2D eigenvalue weighted by Crippen LogP contribution is 2.16. The van der Waals surface area contributed by atoms with Crippen LogP contribution in [0.4, 0.5) is 0 Å². The van der Waals surface area contributed by atoms with Crippen LogP contribution in [0.5, 0.6) is 0 Å². The number of hydrogen-bond acceptors (Lipinski definition) is 4. The van der Waals surface area contributed by atoms with Crippen molar-refractivity contribution < 1.29 is 0 Å². The fourth-order valence-electron chi connectivity index (χ4n) is 1.37. The van der Waals surface area contributed by atoms with Crippen LogP contribution in [0.1, 0.15) is 30.5 Å². The molecule has 2 N–H and O–H groups in total. The Bertz CT molecular complexity index is 260. The molecule has 1 aromatic heterocycles. The van der Waals surface area contributed by atoms with Crippen molar-refractivity contribution in [2.24, 2.45) is 5.73 Å². The van der Waals surface area contributed by atoms with Crippen LogP contribution in [0.3, 0.4) is 0 Å². The quantitative estimate of drug-likeness (QED) is 0.816. The minimum absolute atomic E-state index is 0.282. The van der Waals surface area contributed by atoms with Crippen molar-refractivity contribution in [2.45, 2.75) is 38.0 Å². The monoisotopic (exact) mass is 230 g/mol. The van der Waals surface area contributed by atoms with Crippen molar-refractivity contribution >= 4 is 23.1 Å². The average molecular weight is 230 g/mol. The summed E-state index contributed by atoms with van der Waals surface area (Å²) in [6, 6.07) is 0.282. The van der Waals surface area contributed by atoms with Gasteiger partial charge in [-0.05, 0) is 12.7 Å². The molecule has 80 valence electrons. The highest BCUT2D eigenvalue weighted by atomic mass is 32.2. The average Bonchev–Trinajstić information content (AvgIpc) is 2.53. The summed E-state index contributed by atoms with van der Waals surface area (Å²) < 4.78 is 0. The van der Waals surface area contributed by atoms with Gasteiger partial charge >= 0.3 is 0 Å². The molecule has 14 heavy (non-hydrogen) atoms. The van der Waals surface area contributed by atoms with Gasteiger partial charge in [0.25, 0.3) is 0 Å². The highest BCUT2D eigenvalue weighted by Gasteiger charge is 2.06. The van der Waals surface area contributed by atoms with Gasteiger partial charge in [0.2, 0.25) is 0 Å². The van der Waals surface area contributed by atoms with E-state index in [2.05, 4.69) is 23.5 Å². The molecule has 0 aliphatic carbocycles. The minimum Gasteiger partial charge on any atom is -0.327 e. The molecule has 2 nitrogen and oxygen atoms in total. The second kappa shape index (κ2) is 6.43. The van der Waals surface area contributed by atoms with Gasteiger partial charge in [-0.15, -0.1) is 11.3 Å². The van der Waals surface area contributed by atoms with Crippen molar-refractivity contribution in [2.75, 3.05) is 6.26 Å². The van der Waals surface area contributed by atoms with Gasteiger partial charge in [0.1, 0.15) is 5.01 Å². The van der Waals surface area contributed by atoms with Gasteiger partial charge in [-0.2, -0.15) is 11.8 Å². The molecule has 1 rings (SSSR count). The molecular formula is C10H18N2S2. The fourth-order valence-corrected chi connectivity index (χ4v) is 2.90. The standard InChI is InChI=1S/C10H18N2S2/c1-3-4-8(11)5-9-6-14-10(12-9)7-13-2/h6,8H,3-5,7,11H2,1-2H3. The minimum atomic E-state index is 0.282. The summed E-state index contributed by atoms with van der Waals surface area (Å²) in [6.45, 7) is 2.17. The molecular weight excluding hydrogens is 212 g/mol. The first-order valence-corrected chi connectivity index (χ1v) is 7.21. The van der Waals surface area contributed by atoms with E-state index in [1.165, 1.54) is 10.7 Å². The Kier molecular flexibility index (Phi) is 5.52. The molecule has 0 radical (unpaired) electrons. The molecule has 0 bridgehead atoms. The van der Waals surface area contributed by atoms with Crippen molar-refractivity contribution in [3.05, 3.63) is 16.1 Å². The molecule has 0 saturated heterocycles. The first-order valence-electron chi connectivity index (χ1n) is 4.94. The molecule has 1 atom stereocenters. The van der Waals surface area contributed by atoms with Gasteiger partial charge in [0.05, 0.1) is 5.69 Å². The lowest BCUT2D eigenvalue weighted by Gasteiger charge is -2.06. The second-order valence-electron chi connectivity index (χ2n) is 3.42. The summed E-state index contributed by atoms with van der Waals surface area (Å²) in [5.74, 6) is 1.02. The van der Waals surface area contributed by atoms with Crippen LogP contribution in [0.2, 0.25) is 0 Å². The Morgan fingerprint density at radius 3 is 3.07 bits per heavy atom. The molecule has 0 saturated carbocycles. The van der Waals surface area contributed by atoms with Gasteiger partial charge in [-0.25, -0.2) is 4.98 Å². The Morgan fingerprint density at radius 1 is 1.64 bits per heavy atom. The Labute approximate surface area is 94.3 Å². The maximum absolute atomic E-state index is 5.96. The first kappa shape index (κ1) is 12.0. The Hall–Kier alpha value is -0.0600. The third-order valence-corrected chi connectivity index (χ3v) is 3.64. The third kappa shape index (κ3) is 3.98. The van der Waals surface area contributed by atoms with Crippen LogP contribution in [-0.4, -0.2) is 17.3 Å². The van der Waals surface area contributed by atoms with Crippen LogP contribution in [0.15, 0.2) is 5.38 Å².